The van der Waals surface area contributed by atoms with Gasteiger partial charge in [-0.15, -0.1) is 0 Å². The van der Waals surface area contributed by atoms with E-state index in [0.717, 1.165) is 31.8 Å². The Hall–Kier alpha value is -0.810. The molecule has 1 unspecified atom stereocenters. The first-order valence-corrected chi connectivity index (χ1v) is 8.78. The number of ether oxygens (including phenoxy) is 2. The molecule has 0 spiro atoms. The standard InChI is InChI=1S/C17H37N3O2/c1-5-6-11-21-13-14-22-12-10-19-17(18)20-16(4)9-7-8-15(2)3/h15-16H,5-14H2,1-4H3,(H3,18,19,20). The van der Waals surface area contributed by atoms with Gasteiger partial charge < -0.3 is 20.5 Å². The second-order valence-corrected chi connectivity index (χ2v) is 6.22. The minimum atomic E-state index is 0.371. The molecule has 0 aromatic heterocycles. The molecule has 0 aromatic carbocycles. The van der Waals surface area contributed by atoms with Crippen molar-refractivity contribution >= 4 is 5.96 Å². The Kier molecular flexibility index (Phi) is 14.5. The molecule has 22 heavy (non-hydrogen) atoms. The summed E-state index contributed by atoms with van der Waals surface area (Å²) in [6, 6.07) is 0.371. The lowest BCUT2D eigenvalue weighted by atomic mass is 10.0. The predicted octanol–water partition coefficient (Wildman–Crippen LogP) is 2.94. The van der Waals surface area contributed by atoms with Crippen LogP contribution in [-0.2, 0) is 9.47 Å². The average molecular weight is 316 g/mol. The van der Waals surface area contributed by atoms with Gasteiger partial charge in [0.1, 0.15) is 0 Å². The Morgan fingerprint density at radius 3 is 2.32 bits per heavy atom. The summed E-state index contributed by atoms with van der Waals surface area (Å²) >= 11 is 0. The predicted molar refractivity (Wildman–Crippen MR) is 94.3 cm³/mol. The number of rotatable bonds is 14. The zero-order valence-corrected chi connectivity index (χ0v) is 15.1. The van der Waals surface area contributed by atoms with Crippen molar-refractivity contribution in [1.29, 1.82) is 0 Å². The van der Waals surface area contributed by atoms with Crippen molar-refractivity contribution in [1.82, 2.24) is 5.32 Å². The molecule has 0 radical (unpaired) electrons. The van der Waals surface area contributed by atoms with E-state index in [1.807, 2.05) is 0 Å². The molecule has 0 saturated heterocycles. The first-order valence-electron chi connectivity index (χ1n) is 8.78. The van der Waals surface area contributed by atoms with E-state index in [2.05, 4.69) is 38.0 Å². The molecule has 3 N–H and O–H groups in total. The minimum Gasteiger partial charge on any atom is -0.379 e. The van der Waals surface area contributed by atoms with E-state index in [-0.39, 0.29) is 0 Å². The van der Waals surface area contributed by atoms with Gasteiger partial charge in [0, 0.05) is 12.6 Å². The van der Waals surface area contributed by atoms with Crippen molar-refractivity contribution in [2.24, 2.45) is 16.6 Å². The molecular formula is C17H37N3O2. The van der Waals surface area contributed by atoms with Crippen molar-refractivity contribution in [2.45, 2.75) is 65.8 Å². The monoisotopic (exact) mass is 315 g/mol. The maximum Gasteiger partial charge on any atom is 0.188 e. The molecule has 132 valence electrons. The molecule has 0 fully saturated rings. The lowest BCUT2D eigenvalue weighted by molar-refractivity contribution is 0.0497. The molecule has 0 heterocycles. The number of unbranched alkanes of at least 4 members (excludes halogenated alkanes) is 1. The van der Waals surface area contributed by atoms with Crippen LogP contribution in [0.1, 0.15) is 59.8 Å². The van der Waals surface area contributed by atoms with Crippen LogP contribution >= 0.6 is 0 Å². The SMILES string of the molecule is CCCCOCCOCCN=C(N)NC(C)CCCC(C)C. The van der Waals surface area contributed by atoms with Crippen molar-refractivity contribution < 1.29 is 9.47 Å². The molecule has 5 nitrogen and oxygen atoms in total. The topological polar surface area (TPSA) is 68.9 Å². The molecular weight excluding hydrogens is 278 g/mol. The van der Waals surface area contributed by atoms with Crippen LogP contribution in [0.3, 0.4) is 0 Å². The fourth-order valence-corrected chi connectivity index (χ4v) is 2.00. The van der Waals surface area contributed by atoms with Gasteiger partial charge in [0.15, 0.2) is 5.96 Å². The highest BCUT2D eigenvalue weighted by Gasteiger charge is 2.03. The van der Waals surface area contributed by atoms with Crippen molar-refractivity contribution in [3.8, 4) is 0 Å². The molecule has 0 aliphatic carbocycles. The van der Waals surface area contributed by atoms with Gasteiger partial charge in [0.2, 0.25) is 0 Å². The smallest absolute Gasteiger partial charge is 0.188 e. The highest BCUT2D eigenvalue weighted by Crippen LogP contribution is 2.07. The molecule has 0 aliphatic heterocycles. The van der Waals surface area contributed by atoms with Crippen LogP contribution in [0.15, 0.2) is 4.99 Å². The Labute approximate surface area is 137 Å². The van der Waals surface area contributed by atoms with Gasteiger partial charge in [-0.25, -0.2) is 0 Å². The summed E-state index contributed by atoms with van der Waals surface area (Å²) < 4.78 is 10.9. The second kappa shape index (κ2) is 15.1. The highest BCUT2D eigenvalue weighted by atomic mass is 16.5. The van der Waals surface area contributed by atoms with Crippen molar-refractivity contribution in [2.75, 3.05) is 33.0 Å². The number of guanidine groups is 1. The largest absolute Gasteiger partial charge is 0.379 e. The zero-order chi connectivity index (χ0) is 16.6. The number of hydrogen-bond acceptors (Lipinski definition) is 3. The fourth-order valence-electron chi connectivity index (χ4n) is 2.00. The molecule has 0 amide bonds. The van der Waals surface area contributed by atoms with E-state index < -0.39 is 0 Å². The van der Waals surface area contributed by atoms with E-state index in [0.29, 0.717) is 38.4 Å². The molecule has 1 atom stereocenters. The van der Waals surface area contributed by atoms with Gasteiger partial charge in [-0.1, -0.05) is 40.0 Å². The van der Waals surface area contributed by atoms with Crippen LogP contribution in [-0.4, -0.2) is 45.0 Å². The summed E-state index contributed by atoms with van der Waals surface area (Å²) in [4.78, 5) is 4.27. The molecule has 0 aliphatic rings. The summed E-state index contributed by atoms with van der Waals surface area (Å²) in [5, 5.41) is 3.23. The van der Waals surface area contributed by atoms with Gasteiger partial charge in [-0.2, -0.15) is 0 Å². The van der Waals surface area contributed by atoms with E-state index >= 15 is 0 Å². The number of nitrogens with zero attached hydrogens (tertiary/aromatic N) is 1. The van der Waals surface area contributed by atoms with Crippen molar-refractivity contribution in [3.05, 3.63) is 0 Å². The number of aliphatic imine (C=N–C) groups is 1. The summed E-state index contributed by atoms with van der Waals surface area (Å²) in [5.41, 5.74) is 5.86. The van der Waals surface area contributed by atoms with Gasteiger partial charge >= 0.3 is 0 Å². The van der Waals surface area contributed by atoms with E-state index in [1.54, 1.807) is 0 Å². The lowest BCUT2D eigenvalue weighted by Gasteiger charge is -2.15. The quantitative estimate of drug-likeness (QED) is 0.294. The summed E-state index contributed by atoms with van der Waals surface area (Å²) in [6.45, 7) is 12.1. The van der Waals surface area contributed by atoms with Crippen LogP contribution in [0.25, 0.3) is 0 Å². The summed E-state index contributed by atoms with van der Waals surface area (Å²) in [5.74, 6) is 1.28. The van der Waals surface area contributed by atoms with Crippen LogP contribution in [0.4, 0.5) is 0 Å². The Morgan fingerprint density at radius 1 is 1.00 bits per heavy atom. The molecule has 0 rings (SSSR count). The Morgan fingerprint density at radius 2 is 1.68 bits per heavy atom. The maximum absolute atomic E-state index is 5.86. The highest BCUT2D eigenvalue weighted by molar-refractivity contribution is 5.78. The van der Waals surface area contributed by atoms with Gasteiger partial charge in [-0.05, 0) is 25.7 Å². The van der Waals surface area contributed by atoms with Crippen LogP contribution in [0, 0.1) is 5.92 Å². The van der Waals surface area contributed by atoms with E-state index in [4.69, 9.17) is 15.2 Å². The van der Waals surface area contributed by atoms with Crippen molar-refractivity contribution in [3.63, 3.8) is 0 Å². The first-order chi connectivity index (χ1) is 10.6. The lowest BCUT2D eigenvalue weighted by Crippen LogP contribution is -2.38. The van der Waals surface area contributed by atoms with Gasteiger partial charge in [0.05, 0.1) is 26.4 Å². The zero-order valence-electron chi connectivity index (χ0n) is 15.1. The number of hydrogen-bond donors (Lipinski definition) is 2. The minimum absolute atomic E-state index is 0.371. The van der Waals surface area contributed by atoms with Crippen LogP contribution in [0.2, 0.25) is 0 Å². The van der Waals surface area contributed by atoms with E-state index in [9.17, 15) is 0 Å². The molecule has 5 heteroatoms. The third-order valence-electron chi connectivity index (χ3n) is 3.34. The number of nitrogens with two attached hydrogens (primary N) is 1. The van der Waals surface area contributed by atoms with Crippen LogP contribution in [0.5, 0.6) is 0 Å². The first kappa shape index (κ1) is 21.2. The van der Waals surface area contributed by atoms with Gasteiger partial charge in [-0.3, -0.25) is 4.99 Å². The number of nitrogens with one attached hydrogen (secondary N) is 1. The summed E-state index contributed by atoms with van der Waals surface area (Å²) in [7, 11) is 0. The second-order valence-electron chi connectivity index (χ2n) is 6.22. The molecule has 0 aromatic rings. The normalized spacial score (nSPS) is 13.6. The fraction of sp³-hybridized carbons (Fsp3) is 0.941. The maximum atomic E-state index is 5.86. The van der Waals surface area contributed by atoms with Gasteiger partial charge in [0.25, 0.3) is 0 Å². The van der Waals surface area contributed by atoms with Crippen LogP contribution < -0.4 is 11.1 Å². The summed E-state index contributed by atoms with van der Waals surface area (Å²) in [6.07, 6.45) is 5.89. The Balaban J connectivity index is 3.47. The molecule has 0 saturated carbocycles. The third-order valence-corrected chi connectivity index (χ3v) is 3.34. The van der Waals surface area contributed by atoms with E-state index in [1.165, 1.54) is 12.8 Å². The average Bonchev–Trinajstić information content (AvgIpc) is 2.45. The molecule has 0 bridgehead atoms. The third kappa shape index (κ3) is 15.6. The Bertz CT molecular complexity index is 271.